The molecule has 1 aromatic carbocycles. The van der Waals surface area contributed by atoms with Crippen LogP contribution in [0.5, 0.6) is 0 Å². The van der Waals surface area contributed by atoms with Crippen LogP contribution in [0.3, 0.4) is 0 Å². The molecule has 0 saturated heterocycles. The zero-order valence-corrected chi connectivity index (χ0v) is 12.7. The van der Waals surface area contributed by atoms with Gasteiger partial charge < -0.3 is 10.2 Å². The van der Waals surface area contributed by atoms with E-state index in [0.29, 0.717) is 24.1 Å². The Kier molecular flexibility index (Phi) is 4.43. The van der Waals surface area contributed by atoms with E-state index in [1.54, 1.807) is 11.9 Å². The Bertz CT molecular complexity index is 471. The lowest BCUT2D eigenvalue weighted by atomic mass is 10.1. The van der Waals surface area contributed by atoms with Crippen molar-refractivity contribution in [2.45, 2.75) is 51.1 Å². The highest BCUT2D eigenvalue weighted by atomic mass is 19.1. The van der Waals surface area contributed by atoms with Crippen molar-refractivity contribution in [2.24, 2.45) is 5.92 Å². The number of benzene rings is 1. The lowest BCUT2D eigenvalue weighted by molar-refractivity contribution is 0.523. The molecular weight excluding hydrogens is 270 g/mol. The van der Waals surface area contributed by atoms with Crippen molar-refractivity contribution in [3.63, 3.8) is 0 Å². The molecule has 116 valence electrons. The van der Waals surface area contributed by atoms with Crippen LogP contribution in [0.15, 0.2) is 12.1 Å². The Morgan fingerprint density at radius 2 is 1.71 bits per heavy atom. The Hall–Kier alpha value is -1.16. The van der Waals surface area contributed by atoms with Gasteiger partial charge in [-0.25, -0.2) is 8.78 Å². The molecule has 0 amide bonds. The highest BCUT2D eigenvalue weighted by Crippen LogP contribution is 2.30. The van der Waals surface area contributed by atoms with Crippen molar-refractivity contribution < 1.29 is 8.78 Å². The van der Waals surface area contributed by atoms with Crippen LogP contribution in [0.4, 0.5) is 14.5 Å². The molecule has 2 fully saturated rings. The van der Waals surface area contributed by atoms with Crippen LogP contribution in [-0.4, -0.2) is 19.6 Å². The van der Waals surface area contributed by atoms with Crippen LogP contribution in [0.1, 0.15) is 44.1 Å². The van der Waals surface area contributed by atoms with Gasteiger partial charge in [0.05, 0.1) is 0 Å². The van der Waals surface area contributed by atoms with Crippen molar-refractivity contribution in [1.82, 2.24) is 5.32 Å². The third-order valence-corrected chi connectivity index (χ3v) is 4.64. The fraction of sp³-hybridized carbons (Fsp3) is 0.647. The number of halogens is 2. The average Bonchev–Trinajstić information content (AvgIpc) is 3.12. The molecule has 0 unspecified atom stereocenters. The summed E-state index contributed by atoms with van der Waals surface area (Å²) in [5.74, 6) is -0.309. The second-order valence-corrected chi connectivity index (χ2v) is 6.59. The van der Waals surface area contributed by atoms with Gasteiger partial charge in [0.2, 0.25) is 0 Å². The maximum atomic E-state index is 14.3. The summed E-state index contributed by atoms with van der Waals surface area (Å²) in [6.07, 6.45) is 7.19. The Morgan fingerprint density at radius 1 is 1.10 bits per heavy atom. The molecule has 1 aromatic rings. The molecule has 0 aromatic heterocycles. The second-order valence-electron chi connectivity index (χ2n) is 6.59. The fourth-order valence-electron chi connectivity index (χ4n) is 3.31. The zero-order chi connectivity index (χ0) is 14.8. The first-order valence-electron chi connectivity index (χ1n) is 8.06. The summed E-state index contributed by atoms with van der Waals surface area (Å²) in [6.45, 7) is 1.29. The van der Waals surface area contributed by atoms with Crippen LogP contribution in [0.25, 0.3) is 0 Å². The Labute approximate surface area is 125 Å². The van der Waals surface area contributed by atoms with E-state index in [1.807, 2.05) is 0 Å². The Balaban J connectivity index is 1.68. The van der Waals surface area contributed by atoms with E-state index in [0.717, 1.165) is 6.54 Å². The van der Waals surface area contributed by atoms with Crippen LogP contribution >= 0.6 is 0 Å². The maximum Gasteiger partial charge on any atom is 0.149 e. The van der Waals surface area contributed by atoms with E-state index in [9.17, 15) is 8.78 Å². The molecule has 4 heteroatoms. The van der Waals surface area contributed by atoms with Gasteiger partial charge in [-0.05, 0) is 49.3 Å². The van der Waals surface area contributed by atoms with E-state index >= 15 is 0 Å². The highest BCUT2D eigenvalue weighted by molar-refractivity contribution is 5.50. The van der Waals surface area contributed by atoms with Crippen molar-refractivity contribution in [2.75, 3.05) is 18.5 Å². The summed E-state index contributed by atoms with van der Waals surface area (Å²) >= 11 is 0. The maximum absolute atomic E-state index is 14.3. The largest absolute Gasteiger partial charge is 0.370 e. The van der Waals surface area contributed by atoms with Crippen LogP contribution < -0.4 is 10.2 Å². The molecule has 0 radical (unpaired) electrons. The first-order chi connectivity index (χ1) is 10.1. The van der Waals surface area contributed by atoms with Crippen molar-refractivity contribution >= 4 is 5.69 Å². The lowest BCUT2D eigenvalue weighted by Crippen LogP contribution is -2.26. The summed E-state index contributed by atoms with van der Waals surface area (Å²) in [7, 11) is 1.79. The lowest BCUT2D eigenvalue weighted by Gasteiger charge is -2.24. The SMILES string of the molecule is CN(CC1CCCC1)c1c(F)cc(CNC2CC2)cc1F. The number of hydrogen-bond donors (Lipinski definition) is 1. The third kappa shape index (κ3) is 3.73. The van der Waals surface area contributed by atoms with E-state index in [1.165, 1.54) is 50.7 Å². The topological polar surface area (TPSA) is 15.3 Å². The summed E-state index contributed by atoms with van der Waals surface area (Å²) in [6, 6.07) is 3.48. The molecule has 0 bridgehead atoms. The monoisotopic (exact) mass is 294 g/mol. The number of nitrogens with one attached hydrogen (secondary N) is 1. The molecule has 2 nitrogen and oxygen atoms in total. The smallest absolute Gasteiger partial charge is 0.149 e. The van der Waals surface area contributed by atoms with Crippen molar-refractivity contribution in [3.8, 4) is 0 Å². The zero-order valence-electron chi connectivity index (χ0n) is 12.7. The van der Waals surface area contributed by atoms with Gasteiger partial charge in [-0.15, -0.1) is 0 Å². The van der Waals surface area contributed by atoms with Gasteiger partial charge in [0.15, 0.2) is 0 Å². The van der Waals surface area contributed by atoms with Crippen LogP contribution in [-0.2, 0) is 6.54 Å². The first kappa shape index (κ1) is 14.8. The molecule has 3 rings (SSSR count). The summed E-state index contributed by atoms with van der Waals surface area (Å²) in [5.41, 5.74) is 0.812. The van der Waals surface area contributed by atoms with E-state index < -0.39 is 11.6 Å². The standard InChI is InChI=1S/C17H24F2N2/c1-21(11-12-4-2-3-5-12)17-15(18)8-13(9-16(17)19)10-20-14-6-7-14/h8-9,12,14,20H,2-7,10-11H2,1H3. The number of nitrogens with zero attached hydrogens (tertiary/aromatic N) is 1. The van der Waals surface area contributed by atoms with Gasteiger partial charge in [-0.3, -0.25) is 0 Å². The quantitative estimate of drug-likeness (QED) is 0.857. The third-order valence-electron chi connectivity index (χ3n) is 4.64. The van der Waals surface area contributed by atoms with E-state index in [2.05, 4.69) is 5.32 Å². The minimum Gasteiger partial charge on any atom is -0.370 e. The minimum atomic E-state index is -0.442. The van der Waals surface area contributed by atoms with Gasteiger partial charge in [-0.2, -0.15) is 0 Å². The molecule has 2 saturated carbocycles. The molecule has 0 aliphatic heterocycles. The van der Waals surface area contributed by atoms with Crippen LogP contribution in [0, 0.1) is 17.6 Å². The van der Waals surface area contributed by atoms with Gasteiger partial charge in [0.1, 0.15) is 17.3 Å². The van der Waals surface area contributed by atoms with Crippen molar-refractivity contribution in [3.05, 3.63) is 29.3 Å². The minimum absolute atomic E-state index is 0.122. The molecular formula is C17H24F2N2. The van der Waals surface area contributed by atoms with Gasteiger partial charge >= 0.3 is 0 Å². The van der Waals surface area contributed by atoms with E-state index in [-0.39, 0.29) is 5.69 Å². The first-order valence-corrected chi connectivity index (χ1v) is 8.06. The number of anilines is 1. The predicted octanol–water partition coefficient (Wildman–Crippen LogP) is 3.84. The fourth-order valence-corrected chi connectivity index (χ4v) is 3.31. The molecule has 0 spiro atoms. The predicted molar refractivity (Wildman–Crippen MR) is 81.4 cm³/mol. The Morgan fingerprint density at radius 3 is 2.29 bits per heavy atom. The van der Waals surface area contributed by atoms with Crippen LogP contribution in [0.2, 0.25) is 0 Å². The highest BCUT2D eigenvalue weighted by Gasteiger charge is 2.23. The number of hydrogen-bond acceptors (Lipinski definition) is 2. The summed E-state index contributed by atoms with van der Waals surface area (Å²) in [5, 5.41) is 3.29. The summed E-state index contributed by atoms with van der Waals surface area (Å²) in [4.78, 5) is 1.75. The molecule has 2 aliphatic rings. The number of rotatable bonds is 6. The second kappa shape index (κ2) is 6.30. The van der Waals surface area contributed by atoms with E-state index in [4.69, 9.17) is 0 Å². The summed E-state index contributed by atoms with van der Waals surface area (Å²) < 4.78 is 28.5. The molecule has 1 N–H and O–H groups in total. The molecule has 0 atom stereocenters. The normalized spacial score (nSPS) is 19.2. The molecule has 0 heterocycles. The molecule has 21 heavy (non-hydrogen) atoms. The van der Waals surface area contributed by atoms with Gasteiger partial charge in [0, 0.05) is 26.2 Å². The van der Waals surface area contributed by atoms with Crippen molar-refractivity contribution in [1.29, 1.82) is 0 Å². The van der Waals surface area contributed by atoms with Gasteiger partial charge in [-0.1, -0.05) is 12.8 Å². The molecule has 2 aliphatic carbocycles. The average molecular weight is 294 g/mol. The van der Waals surface area contributed by atoms with Gasteiger partial charge in [0.25, 0.3) is 0 Å².